The number of carbonyl (C=O) groups is 1. The Hall–Kier alpha value is -1.85. The summed E-state index contributed by atoms with van der Waals surface area (Å²) >= 11 is 0. The zero-order valence-electron chi connectivity index (χ0n) is 14.3. The van der Waals surface area contributed by atoms with Crippen LogP contribution in [0.2, 0.25) is 0 Å². The summed E-state index contributed by atoms with van der Waals surface area (Å²) < 4.78 is 5.46. The van der Waals surface area contributed by atoms with Crippen molar-refractivity contribution in [3.63, 3.8) is 0 Å². The van der Waals surface area contributed by atoms with Crippen LogP contribution in [0.5, 0.6) is 0 Å². The van der Waals surface area contributed by atoms with Gasteiger partial charge in [-0.3, -0.25) is 4.79 Å². The smallest absolute Gasteiger partial charge is 0.226 e. The molecule has 1 aromatic heterocycles. The molecular weight excluding hydrogens is 326 g/mol. The third-order valence-electron chi connectivity index (χ3n) is 3.73. The minimum absolute atomic E-state index is 0. The van der Waals surface area contributed by atoms with Crippen LogP contribution in [0, 0.1) is 13.8 Å². The summed E-state index contributed by atoms with van der Waals surface area (Å²) in [6.07, 6.45) is 6.20. The molecule has 0 aliphatic carbocycles. The SMILES string of the molecule is Cc1coc(-c2cc(NC(=O)CCCCCCN)ccc2C)n1.Cl. The highest BCUT2D eigenvalue weighted by Gasteiger charge is 2.10. The lowest BCUT2D eigenvalue weighted by Crippen LogP contribution is -2.11. The average molecular weight is 352 g/mol. The van der Waals surface area contributed by atoms with Gasteiger partial charge in [-0.1, -0.05) is 18.9 Å². The predicted molar refractivity (Wildman–Crippen MR) is 99.4 cm³/mol. The van der Waals surface area contributed by atoms with E-state index >= 15 is 0 Å². The Morgan fingerprint density at radius 1 is 1.21 bits per heavy atom. The van der Waals surface area contributed by atoms with Gasteiger partial charge >= 0.3 is 0 Å². The molecule has 0 atom stereocenters. The number of anilines is 1. The minimum Gasteiger partial charge on any atom is -0.444 e. The van der Waals surface area contributed by atoms with Crippen molar-refractivity contribution in [2.45, 2.75) is 46.0 Å². The van der Waals surface area contributed by atoms with Gasteiger partial charge in [0.25, 0.3) is 0 Å². The van der Waals surface area contributed by atoms with Gasteiger partial charge in [-0.2, -0.15) is 0 Å². The largest absolute Gasteiger partial charge is 0.444 e. The van der Waals surface area contributed by atoms with Crippen molar-refractivity contribution < 1.29 is 9.21 Å². The maximum Gasteiger partial charge on any atom is 0.226 e. The maximum atomic E-state index is 12.0. The van der Waals surface area contributed by atoms with E-state index < -0.39 is 0 Å². The number of benzene rings is 1. The summed E-state index contributed by atoms with van der Waals surface area (Å²) in [5.74, 6) is 0.619. The molecule has 1 aromatic carbocycles. The molecule has 0 spiro atoms. The molecule has 0 aliphatic heterocycles. The van der Waals surface area contributed by atoms with Crippen LogP contribution < -0.4 is 11.1 Å². The molecule has 0 saturated carbocycles. The Kier molecular flexibility index (Phi) is 8.50. The zero-order valence-corrected chi connectivity index (χ0v) is 15.1. The lowest BCUT2D eigenvalue weighted by molar-refractivity contribution is -0.116. The molecule has 1 heterocycles. The number of unbranched alkanes of at least 4 members (excludes halogenated alkanes) is 3. The summed E-state index contributed by atoms with van der Waals surface area (Å²) in [5, 5.41) is 2.94. The van der Waals surface area contributed by atoms with Gasteiger partial charge in [0, 0.05) is 17.7 Å². The number of nitrogens with one attached hydrogen (secondary N) is 1. The Morgan fingerprint density at radius 3 is 2.62 bits per heavy atom. The first kappa shape index (κ1) is 20.2. The van der Waals surface area contributed by atoms with E-state index in [0.717, 1.165) is 54.7 Å². The third kappa shape index (κ3) is 5.98. The second-order valence-electron chi connectivity index (χ2n) is 5.82. The molecular formula is C18H26ClN3O2. The summed E-state index contributed by atoms with van der Waals surface area (Å²) in [6.45, 7) is 4.61. The molecule has 1 amide bonds. The molecule has 2 rings (SSSR count). The summed E-state index contributed by atoms with van der Waals surface area (Å²) in [4.78, 5) is 16.4. The van der Waals surface area contributed by atoms with Crippen molar-refractivity contribution in [3.8, 4) is 11.5 Å². The van der Waals surface area contributed by atoms with Gasteiger partial charge in [0.1, 0.15) is 6.26 Å². The normalized spacial score (nSPS) is 10.3. The average Bonchev–Trinajstić information content (AvgIpc) is 2.95. The molecule has 3 N–H and O–H groups in total. The van der Waals surface area contributed by atoms with Crippen LogP contribution in [-0.2, 0) is 4.79 Å². The first-order valence-corrected chi connectivity index (χ1v) is 8.13. The number of nitrogens with zero attached hydrogens (tertiary/aromatic N) is 1. The highest BCUT2D eigenvalue weighted by molar-refractivity contribution is 5.91. The second kappa shape index (κ2) is 10.1. The number of nitrogens with two attached hydrogens (primary N) is 1. The molecule has 0 bridgehead atoms. The van der Waals surface area contributed by atoms with Crippen LogP contribution in [0.25, 0.3) is 11.5 Å². The van der Waals surface area contributed by atoms with Crippen molar-refractivity contribution in [1.82, 2.24) is 4.98 Å². The first-order chi connectivity index (χ1) is 11.1. The lowest BCUT2D eigenvalue weighted by atomic mass is 10.1. The van der Waals surface area contributed by atoms with E-state index in [9.17, 15) is 4.79 Å². The van der Waals surface area contributed by atoms with E-state index in [1.54, 1.807) is 6.26 Å². The Bertz CT molecular complexity index is 655. The number of rotatable bonds is 8. The van der Waals surface area contributed by atoms with Crippen molar-refractivity contribution in [3.05, 3.63) is 35.7 Å². The molecule has 0 fully saturated rings. The fourth-order valence-corrected chi connectivity index (χ4v) is 2.41. The molecule has 0 radical (unpaired) electrons. The van der Waals surface area contributed by atoms with Crippen LogP contribution in [0.4, 0.5) is 5.69 Å². The zero-order chi connectivity index (χ0) is 16.7. The van der Waals surface area contributed by atoms with E-state index in [-0.39, 0.29) is 18.3 Å². The highest BCUT2D eigenvalue weighted by Crippen LogP contribution is 2.26. The molecule has 132 valence electrons. The van der Waals surface area contributed by atoms with Gasteiger partial charge in [-0.25, -0.2) is 4.98 Å². The van der Waals surface area contributed by atoms with E-state index in [1.807, 2.05) is 32.0 Å². The number of oxazole rings is 1. The van der Waals surface area contributed by atoms with Gasteiger partial charge < -0.3 is 15.5 Å². The predicted octanol–water partition coefficient (Wildman–Crippen LogP) is 4.23. The lowest BCUT2D eigenvalue weighted by Gasteiger charge is -2.08. The molecule has 5 nitrogen and oxygen atoms in total. The van der Waals surface area contributed by atoms with E-state index in [4.69, 9.17) is 10.2 Å². The monoisotopic (exact) mass is 351 g/mol. The number of halogens is 1. The van der Waals surface area contributed by atoms with Crippen molar-refractivity contribution in [2.75, 3.05) is 11.9 Å². The van der Waals surface area contributed by atoms with E-state index in [1.165, 1.54) is 0 Å². The quantitative estimate of drug-likeness (QED) is 0.697. The molecule has 6 heteroatoms. The summed E-state index contributed by atoms with van der Waals surface area (Å²) in [6, 6.07) is 5.78. The first-order valence-electron chi connectivity index (χ1n) is 8.13. The van der Waals surface area contributed by atoms with Crippen LogP contribution in [-0.4, -0.2) is 17.4 Å². The number of amides is 1. The summed E-state index contributed by atoms with van der Waals surface area (Å²) in [5.41, 5.74) is 9.03. The molecule has 24 heavy (non-hydrogen) atoms. The number of carbonyl (C=O) groups excluding carboxylic acids is 1. The molecule has 2 aromatic rings. The maximum absolute atomic E-state index is 12.0. The van der Waals surface area contributed by atoms with Crippen molar-refractivity contribution in [2.24, 2.45) is 5.73 Å². The number of hydrogen-bond acceptors (Lipinski definition) is 4. The topological polar surface area (TPSA) is 81.2 Å². The van der Waals surface area contributed by atoms with E-state index in [2.05, 4.69) is 10.3 Å². The van der Waals surface area contributed by atoms with Crippen molar-refractivity contribution in [1.29, 1.82) is 0 Å². The molecule has 0 unspecified atom stereocenters. The van der Waals surface area contributed by atoms with Crippen LogP contribution in [0.3, 0.4) is 0 Å². The Labute approximate surface area is 149 Å². The fraction of sp³-hybridized carbons (Fsp3) is 0.444. The van der Waals surface area contributed by atoms with Gasteiger partial charge in [-0.15, -0.1) is 12.4 Å². The van der Waals surface area contributed by atoms with Gasteiger partial charge in [-0.05, 0) is 50.9 Å². The highest BCUT2D eigenvalue weighted by atomic mass is 35.5. The number of aryl methyl sites for hydroxylation is 2. The molecule has 0 saturated heterocycles. The fourth-order valence-electron chi connectivity index (χ4n) is 2.41. The van der Waals surface area contributed by atoms with Crippen LogP contribution in [0.1, 0.15) is 43.4 Å². The Morgan fingerprint density at radius 2 is 1.96 bits per heavy atom. The van der Waals surface area contributed by atoms with E-state index in [0.29, 0.717) is 12.3 Å². The number of hydrogen-bond donors (Lipinski definition) is 2. The minimum atomic E-state index is 0. The summed E-state index contributed by atoms with van der Waals surface area (Å²) in [7, 11) is 0. The van der Waals surface area contributed by atoms with Gasteiger partial charge in [0.2, 0.25) is 11.8 Å². The molecule has 0 aliphatic rings. The number of aromatic nitrogens is 1. The standard InChI is InChI=1S/C18H25N3O2.ClH/c1-13-8-9-15(11-16(13)18-20-14(2)12-23-18)21-17(22)7-5-3-4-6-10-19;/h8-9,11-12H,3-7,10,19H2,1-2H3,(H,21,22);1H. The Balaban J connectivity index is 0.00000288. The van der Waals surface area contributed by atoms with Crippen LogP contribution >= 0.6 is 12.4 Å². The second-order valence-corrected chi connectivity index (χ2v) is 5.82. The van der Waals surface area contributed by atoms with Crippen LogP contribution in [0.15, 0.2) is 28.9 Å². The van der Waals surface area contributed by atoms with Gasteiger partial charge in [0.15, 0.2) is 0 Å². The van der Waals surface area contributed by atoms with Gasteiger partial charge in [0.05, 0.1) is 5.69 Å². The van der Waals surface area contributed by atoms with Crippen molar-refractivity contribution >= 4 is 24.0 Å². The third-order valence-corrected chi connectivity index (χ3v) is 3.73.